The number of aryl methyl sites for hydroxylation is 2. The molecular formula is C16H18ClN3O2. The van der Waals surface area contributed by atoms with Crippen LogP contribution in [0.1, 0.15) is 43.0 Å². The van der Waals surface area contributed by atoms with Crippen LogP contribution in [-0.2, 0) is 11.2 Å². The van der Waals surface area contributed by atoms with Crippen molar-refractivity contribution >= 4 is 23.2 Å². The smallest absolute Gasteiger partial charge is 0.232 e. The zero-order valence-electron chi connectivity index (χ0n) is 12.7. The fourth-order valence-corrected chi connectivity index (χ4v) is 3.01. The molecule has 0 N–H and O–H groups in total. The van der Waals surface area contributed by atoms with Crippen molar-refractivity contribution in [3.8, 4) is 0 Å². The quantitative estimate of drug-likeness (QED) is 0.865. The van der Waals surface area contributed by atoms with Crippen molar-refractivity contribution in [3.63, 3.8) is 0 Å². The number of anilines is 1. The lowest BCUT2D eigenvalue weighted by molar-refractivity contribution is -0.117. The number of aromatic nitrogens is 2. The van der Waals surface area contributed by atoms with Crippen molar-refractivity contribution in [2.75, 3.05) is 11.4 Å². The van der Waals surface area contributed by atoms with Crippen LogP contribution >= 0.6 is 11.6 Å². The Hall–Kier alpha value is -1.88. The van der Waals surface area contributed by atoms with E-state index >= 15 is 0 Å². The molecule has 0 radical (unpaired) electrons. The molecule has 1 atom stereocenters. The second kappa shape index (κ2) is 6.08. The molecule has 1 fully saturated rings. The molecule has 0 spiro atoms. The third kappa shape index (κ3) is 2.86. The first kappa shape index (κ1) is 15.0. The molecule has 3 rings (SSSR count). The molecule has 6 heteroatoms. The Morgan fingerprint density at radius 3 is 3.00 bits per heavy atom. The van der Waals surface area contributed by atoms with Crippen molar-refractivity contribution in [3.05, 3.63) is 40.5 Å². The predicted octanol–water partition coefficient (Wildman–Crippen LogP) is 3.50. The molecule has 2 aromatic rings. The standard InChI is InChI=1S/C16H18ClN3O2/c1-3-4-14-18-16(22-19-14)11-8-15(21)20(9-11)13-6-5-12(17)7-10(13)2/h5-7,11H,3-4,8-9H2,1-2H3. The minimum atomic E-state index is -0.0410. The van der Waals surface area contributed by atoms with Gasteiger partial charge in [0, 0.05) is 30.1 Å². The fraction of sp³-hybridized carbons (Fsp3) is 0.438. The normalized spacial score (nSPS) is 18.2. The summed E-state index contributed by atoms with van der Waals surface area (Å²) in [7, 11) is 0. The summed E-state index contributed by atoms with van der Waals surface area (Å²) >= 11 is 5.98. The predicted molar refractivity (Wildman–Crippen MR) is 84.2 cm³/mol. The highest BCUT2D eigenvalue weighted by molar-refractivity contribution is 6.30. The first-order valence-corrected chi connectivity index (χ1v) is 7.85. The first-order chi connectivity index (χ1) is 10.6. The summed E-state index contributed by atoms with van der Waals surface area (Å²) in [6.45, 7) is 4.59. The third-order valence-electron chi connectivity index (χ3n) is 3.88. The molecular weight excluding hydrogens is 302 g/mol. The summed E-state index contributed by atoms with van der Waals surface area (Å²) in [5.74, 6) is 1.31. The zero-order chi connectivity index (χ0) is 15.7. The Balaban J connectivity index is 1.80. The minimum absolute atomic E-state index is 0.0410. The van der Waals surface area contributed by atoms with Crippen LogP contribution in [0.2, 0.25) is 5.02 Å². The van der Waals surface area contributed by atoms with Crippen molar-refractivity contribution in [1.82, 2.24) is 10.1 Å². The summed E-state index contributed by atoms with van der Waals surface area (Å²) in [6.07, 6.45) is 2.17. The van der Waals surface area contributed by atoms with E-state index in [-0.39, 0.29) is 11.8 Å². The highest BCUT2D eigenvalue weighted by Gasteiger charge is 2.35. The number of halogens is 1. The average molecular weight is 320 g/mol. The fourth-order valence-electron chi connectivity index (χ4n) is 2.79. The Morgan fingerprint density at radius 2 is 2.27 bits per heavy atom. The second-order valence-corrected chi connectivity index (χ2v) is 6.07. The molecule has 22 heavy (non-hydrogen) atoms. The van der Waals surface area contributed by atoms with E-state index in [0.717, 1.165) is 24.1 Å². The molecule has 1 aliphatic heterocycles. The van der Waals surface area contributed by atoms with E-state index in [1.807, 2.05) is 19.1 Å². The topological polar surface area (TPSA) is 59.2 Å². The van der Waals surface area contributed by atoms with Crippen molar-refractivity contribution in [2.24, 2.45) is 0 Å². The Kier molecular flexibility index (Phi) is 4.16. The van der Waals surface area contributed by atoms with Crippen LogP contribution in [0.3, 0.4) is 0 Å². The van der Waals surface area contributed by atoms with E-state index in [1.165, 1.54) is 0 Å². The zero-order valence-corrected chi connectivity index (χ0v) is 13.4. The van der Waals surface area contributed by atoms with Crippen molar-refractivity contribution in [2.45, 2.75) is 39.0 Å². The largest absolute Gasteiger partial charge is 0.339 e. The van der Waals surface area contributed by atoms with Gasteiger partial charge in [0.05, 0.1) is 5.92 Å². The van der Waals surface area contributed by atoms with E-state index in [2.05, 4.69) is 17.1 Å². The number of carbonyl (C=O) groups excluding carboxylic acids is 1. The van der Waals surface area contributed by atoms with Gasteiger partial charge in [0.2, 0.25) is 11.8 Å². The van der Waals surface area contributed by atoms with E-state index in [9.17, 15) is 4.79 Å². The summed E-state index contributed by atoms with van der Waals surface area (Å²) in [5, 5.41) is 4.64. The Labute approximate surface area is 134 Å². The molecule has 1 aromatic carbocycles. The third-order valence-corrected chi connectivity index (χ3v) is 4.12. The molecule has 2 heterocycles. The number of nitrogens with zero attached hydrogens (tertiary/aromatic N) is 3. The molecule has 1 aliphatic rings. The highest BCUT2D eigenvalue weighted by Crippen LogP contribution is 2.33. The molecule has 0 saturated carbocycles. The monoisotopic (exact) mass is 319 g/mol. The van der Waals surface area contributed by atoms with Gasteiger partial charge in [-0.25, -0.2) is 0 Å². The maximum atomic E-state index is 12.3. The van der Waals surface area contributed by atoms with Gasteiger partial charge in [0.1, 0.15) is 0 Å². The molecule has 1 unspecified atom stereocenters. The summed E-state index contributed by atoms with van der Waals surface area (Å²) < 4.78 is 5.32. The molecule has 1 saturated heterocycles. The van der Waals surface area contributed by atoms with Gasteiger partial charge in [0.25, 0.3) is 0 Å². The van der Waals surface area contributed by atoms with Gasteiger partial charge in [-0.05, 0) is 37.1 Å². The van der Waals surface area contributed by atoms with Crippen LogP contribution in [-0.4, -0.2) is 22.6 Å². The van der Waals surface area contributed by atoms with Crippen LogP contribution < -0.4 is 4.90 Å². The van der Waals surface area contributed by atoms with Crippen molar-refractivity contribution < 1.29 is 9.32 Å². The van der Waals surface area contributed by atoms with Crippen LogP contribution in [0.25, 0.3) is 0 Å². The lowest BCUT2D eigenvalue weighted by Crippen LogP contribution is -2.25. The maximum absolute atomic E-state index is 12.3. The number of amides is 1. The van der Waals surface area contributed by atoms with Gasteiger partial charge < -0.3 is 9.42 Å². The van der Waals surface area contributed by atoms with E-state index < -0.39 is 0 Å². The number of benzene rings is 1. The Morgan fingerprint density at radius 1 is 1.45 bits per heavy atom. The number of carbonyl (C=O) groups is 1. The highest BCUT2D eigenvalue weighted by atomic mass is 35.5. The molecule has 116 valence electrons. The van der Waals surface area contributed by atoms with E-state index in [0.29, 0.717) is 29.7 Å². The SMILES string of the molecule is CCCc1noc(C2CC(=O)N(c3ccc(Cl)cc3C)C2)n1. The van der Waals surface area contributed by atoms with Crippen LogP contribution in [0.5, 0.6) is 0 Å². The number of hydrogen-bond acceptors (Lipinski definition) is 4. The molecule has 5 nitrogen and oxygen atoms in total. The van der Waals surface area contributed by atoms with Gasteiger partial charge >= 0.3 is 0 Å². The Bertz CT molecular complexity index is 698. The summed E-state index contributed by atoms with van der Waals surface area (Å²) in [4.78, 5) is 18.5. The molecule has 0 aliphatic carbocycles. The van der Waals surface area contributed by atoms with Gasteiger partial charge in [-0.3, -0.25) is 4.79 Å². The lowest BCUT2D eigenvalue weighted by atomic mass is 10.1. The van der Waals surface area contributed by atoms with E-state index in [4.69, 9.17) is 16.1 Å². The van der Waals surface area contributed by atoms with Crippen LogP contribution in [0.4, 0.5) is 5.69 Å². The maximum Gasteiger partial charge on any atom is 0.232 e. The second-order valence-electron chi connectivity index (χ2n) is 5.64. The van der Waals surface area contributed by atoms with Gasteiger partial charge in [-0.15, -0.1) is 0 Å². The first-order valence-electron chi connectivity index (χ1n) is 7.47. The van der Waals surface area contributed by atoms with Crippen molar-refractivity contribution in [1.29, 1.82) is 0 Å². The number of hydrogen-bond donors (Lipinski definition) is 0. The summed E-state index contributed by atoms with van der Waals surface area (Å²) in [5.41, 5.74) is 1.88. The number of rotatable bonds is 4. The van der Waals surface area contributed by atoms with Crippen LogP contribution in [0.15, 0.2) is 22.7 Å². The molecule has 1 amide bonds. The summed E-state index contributed by atoms with van der Waals surface area (Å²) in [6, 6.07) is 5.55. The van der Waals surface area contributed by atoms with Crippen LogP contribution in [0, 0.1) is 6.92 Å². The minimum Gasteiger partial charge on any atom is -0.339 e. The van der Waals surface area contributed by atoms with Gasteiger partial charge in [0.15, 0.2) is 5.82 Å². The average Bonchev–Trinajstić information content (AvgIpc) is 3.06. The lowest BCUT2D eigenvalue weighted by Gasteiger charge is -2.18. The molecule has 1 aromatic heterocycles. The molecule has 0 bridgehead atoms. The van der Waals surface area contributed by atoms with Gasteiger partial charge in [-0.2, -0.15) is 4.98 Å². The van der Waals surface area contributed by atoms with E-state index in [1.54, 1.807) is 11.0 Å². The van der Waals surface area contributed by atoms with Gasteiger partial charge in [-0.1, -0.05) is 23.7 Å².